The van der Waals surface area contributed by atoms with E-state index in [4.69, 9.17) is 22.0 Å². The van der Waals surface area contributed by atoms with Crippen molar-refractivity contribution < 1.29 is 9.90 Å². The van der Waals surface area contributed by atoms with E-state index in [9.17, 15) is 4.79 Å². The Bertz CT molecular complexity index is 517. The molecule has 5 heteroatoms. The van der Waals surface area contributed by atoms with E-state index in [1.807, 2.05) is 6.07 Å². The van der Waals surface area contributed by atoms with Crippen LogP contribution in [0.2, 0.25) is 5.02 Å². The fourth-order valence-corrected chi connectivity index (χ4v) is 2.68. The second-order valence-electron chi connectivity index (χ2n) is 4.81. The molecule has 1 saturated carbocycles. The molecule has 0 saturated heterocycles. The number of anilines is 1. The quantitative estimate of drug-likeness (QED) is 0.890. The van der Waals surface area contributed by atoms with E-state index in [-0.39, 0.29) is 12.0 Å². The Morgan fingerprint density at radius 2 is 2.05 bits per heavy atom. The van der Waals surface area contributed by atoms with Crippen LogP contribution in [0.3, 0.4) is 0 Å². The molecular formula is C14H15ClN2O2. The van der Waals surface area contributed by atoms with Crippen LogP contribution in [-0.4, -0.2) is 17.1 Å². The third-order valence-electron chi connectivity index (χ3n) is 3.56. The highest BCUT2D eigenvalue weighted by Gasteiger charge is 2.26. The molecule has 1 aliphatic rings. The van der Waals surface area contributed by atoms with Gasteiger partial charge in [-0.3, -0.25) is 4.79 Å². The minimum atomic E-state index is -0.709. The number of aliphatic carboxylic acids is 1. The SMILES string of the molecule is N#Cc1c(Cl)cccc1NC1CCC(C(=O)O)CC1. The first-order valence-electron chi connectivity index (χ1n) is 6.29. The predicted octanol–water partition coefficient (Wildman–Crippen LogP) is 3.27. The molecule has 4 nitrogen and oxygen atoms in total. The first kappa shape index (κ1) is 13.7. The third-order valence-corrected chi connectivity index (χ3v) is 3.88. The van der Waals surface area contributed by atoms with Crippen LogP contribution in [0.1, 0.15) is 31.2 Å². The molecule has 0 aromatic heterocycles. The summed E-state index contributed by atoms with van der Waals surface area (Å²) < 4.78 is 0. The molecule has 100 valence electrons. The molecule has 0 amide bonds. The molecule has 0 unspecified atom stereocenters. The number of benzene rings is 1. The van der Waals surface area contributed by atoms with E-state index in [1.54, 1.807) is 12.1 Å². The van der Waals surface area contributed by atoms with Gasteiger partial charge in [-0.2, -0.15) is 5.26 Å². The van der Waals surface area contributed by atoms with Crippen molar-refractivity contribution >= 4 is 23.3 Å². The van der Waals surface area contributed by atoms with E-state index < -0.39 is 5.97 Å². The first-order chi connectivity index (χ1) is 9.11. The number of carbonyl (C=O) groups is 1. The Kier molecular flexibility index (Phi) is 4.28. The minimum absolute atomic E-state index is 0.209. The van der Waals surface area contributed by atoms with Crippen LogP contribution in [0.25, 0.3) is 0 Å². The monoisotopic (exact) mass is 278 g/mol. The molecule has 0 spiro atoms. The molecule has 0 heterocycles. The maximum atomic E-state index is 10.9. The third kappa shape index (κ3) is 3.18. The number of rotatable bonds is 3. The van der Waals surface area contributed by atoms with Gasteiger partial charge in [-0.15, -0.1) is 0 Å². The van der Waals surface area contributed by atoms with Gasteiger partial charge in [0.15, 0.2) is 0 Å². The van der Waals surface area contributed by atoms with Crippen molar-refractivity contribution in [3.05, 3.63) is 28.8 Å². The summed E-state index contributed by atoms with van der Waals surface area (Å²) in [6.07, 6.45) is 2.95. The number of halogens is 1. The Morgan fingerprint density at radius 1 is 1.37 bits per heavy atom. The molecule has 0 atom stereocenters. The summed E-state index contributed by atoms with van der Waals surface area (Å²) in [5, 5.41) is 21.8. The van der Waals surface area contributed by atoms with Gasteiger partial charge in [0.1, 0.15) is 6.07 Å². The van der Waals surface area contributed by atoms with Gasteiger partial charge in [-0.05, 0) is 37.8 Å². The lowest BCUT2D eigenvalue weighted by molar-refractivity contribution is -0.142. The van der Waals surface area contributed by atoms with Crippen molar-refractivity contribution in [1.82, 2.24) is 0 Å². The molecule has 0 bridgehead atoms. The van der Waals surface area contributed by atoms with Crippen molar-refractivity contribution in [3.63, 3.8) is 0 Å². The fourth-order valence-electron chi connectivity index (χ4n) is 2.46. The molecule has 1 aromatic carbocycles. The second kappa shape index (κ2) is 5.94. The highest BCUT2D eigenvalue weighted by Crippen LogP contribution is 2.29. The Balaban J connectivity index is 2.02. The van der Waals surface area contributed by atoms with Crippen LogP contribution >= 0.6 is 11.6 Å². The number of hydrogen-bond acceptors (Lipinski definition) is 3. The molecule has 1 aromatic rings. The highest BCUT2D eigenvalue weighted by atomic mass is 35.5. The lowest BCUT2D eigenvalue weighted by Crippen LogP contribution is -2.29. The molecular weight excluding hydrogens is 264 g/mol. The predicted molar refractivity (Wildman–Crippen MR) is 73.2 cm³/mol. The van der Waals surface area contributed by atoms with E-state index in [0.717, 1.165) is 18.5 Å². The van der Waals surface area contributed by atoms with E-state index in [1.165, 1.54) is 0 Å². The van der Waals surface area contributed by atoms with Crippen molar-refractivity contribution in [2.75, 3.05) is 5.32 Å². The number of hydrogen-bond donors (Lipinski definition) is 2. The summed E-state index contributed by atoms with van der Waals surface area (Å²) in [6.45, 7) is 0. The Labute approximate surface area is 117 Å². The van der Waals surface area contributed by atoms with Gasteiger partial charge in [-0.1, -0.05) is 17.7 Å². The second-order valence-corrected chi connectivity index (χ2v) is 5.21. The van der Waals surface area contributed by atoms with Gasteiger partial charge in [0.05, 0.1) is 22.2 Å². The smallest absolute Gasteiger partial charge is 0.306 e. The van der Waals surface area contributed by atoms with Crippen LogP contribution in [0.5, 0.6) is 0 Å². The van der Waals surface area contributed by atoms with Crippen LogP contribution in [0.15, 0.2) is 18.2 Å². The van der Waals surface area contributed by atoms with Crippen LogP contribution < -0.4 is 5.32 Å². The van der Waals surface area contributed by atoms with E-state index in [2.05, 4.69) is 11.4 Å². The maximum Gasteiger partial charge on any atom is 0.306 e. The molecule has 1 aliphatic carbocycles. The van der Waals surface area contributed by atoms with Gasteiger partial charge < -0.3 is 10.4 Å². The van der Waals surface area contributed by atoms with Gasteiger partial charge in [0.25, 0.3) is 0 Å². The largest absolute Gasteiger partial charge is 0.481 e. The van der Waals surface area contributed by atoms with Crippen molar-refractivity contribution in [1.29, 1.82) is 5.26 Å². The molecule has 0 aliphatic heterocycles. The van der Waals surface area contributed by atoms with Crippen molar-refractivity contribution in [2.45, 2.75) is 31.7 Å². The zero-order chi connectivity index (χ0) is 13.8. The molecule has 2 rings (SSSR count). The topological polar surface area (TPSA) is 73.1 Å². The van der Waals surface area contributed by atoms with Crippen LogP contribution in [0.4, 0.5) is 5.69 Å². The Hall–Kier alpha value is -1.73. The normalized spacial score (nSPS) is 22.5. The summed E-state index contributed by atoms with van der Waals surface area (Å²) in [7, 11) is 0. The minimum Gasteiger partial charge on any atom is -0.481 e. The van der Waals surface area contributed by atoms with Gasteiger partial charge in [-0.25, -0.2) is 0 Å². The first-order valence-corrected chi connectivity index (χ1v) is 6.67. The number of nitrogens with zero attached hydrogens (tertiary/aromatic N) is 1. The van der Waals surface area contributed by atoms with Crippen molar-refractivity contribution in [3.8, 4) is 6.07 Å². The summed E-state index contributed by atoms with van der Waals surface area (Å²) >= 11 is 5.97. The number of nitriles is 1. The fraction of sp³-hybridized carbons (Fsp3) is 0.429. The zero-order valence-electron chi connectivity index (χ0n) is 10.4. The molecule has 2 N–H and O–H groups in total. The number of carboxylic acids is 1. The van der Waals surface area contributed by atoms with Gasteiger partial charge in [0.2, 0.25) is 0 Å². The van der Waals surface area contributed by atoms with Crippen LogP contribution in [0, 0.1) is 17.2 Å². The number of nitrogens with one attached hydrogen (secondary N) is 1. The summed E-state index contributed by atoms with van der Waals surface area (Å²) in [6, 6.07) is 7.62. The lowest BCUT2D eigenvalue weighted by atomic mass is 9.86. The van der Waals surface area contributed by atoms with Crippen LogP contribution in [-0.2, 0) is 4.79 Å². The van der Waals surface area contributed by atoms with E-state index in [0.29, 0.717) is 23.4 Å². The average Bonchev–Trinajstić information content (AvgIpc) is 2.39. The molecule has 0 radical (unpaired) electrons. The molecule has 1 fully saturated rings. The summed E-state index contributed by atoms with van der Waals surface area (Å²) in [5.41, 5.74) is 1.18. The summed E-state index contributed by atoms with van der Waals surface area (Å²) in [4.78, 5) is 10.9. The van der Waals surface area contributed by atoms with E-state index >= 15 is 0 Å². The Morgan fingerprint density at radius 3 is 2.63 bits per heavy atom. The van der Waals surface area contributed by atoms with Gasteiger partial charge in [0, 0.05) is 6.04 Å². The van der Waals surface area contributed by atoms with Crippen molar-refractivity contribution in [2.24, 2.45) is 5.92 Å². The molecule has 19 heavy (non-hydrogen) atoms. The number of carboxylic acid groups (broad SMARTS) is 1. The maximum absolute atomic E-state index is 10.9. The summed E-state index contributed by atoms with van der Waals surface area (Å²) in [5.74, 6) is -0.938. The average molecular weight is 279 g/mol. The lowest BCUT2D eigenvalue weighted by Gasteiger charge is -2.28. The highest BCUT2D eigenvalue weighted by molar-refractivity contribution is 6.32. The van der Waals surface area contributed by atoms with Gasteiger partial charge >= 0.3 is 5.97 Å². The zero-order valence-corrected chi connectivity index (χ0v) is 11.2. The standard InChI is InChI=1S/C14H15ClN2O2/c15-12-2-1-3-13(11(12)8-16)17-10-6-4-9(5-7-10)14(18)19/h1-3,9-10,17H,4-7H2,(H,18,19).